The quantitative estimate of drug-likeness (QED) is 0.746. The first kappa shape index (κ1) is 13.8. The van der Waals surface area contributed by atoms with Crippen LogP contribution in [0.15, 0.2) is 24.3 Å². The molecule has 0 aliphatic carbocycles. The first-order valence-electron chi connectivity index (χ1n) is 6.09. The molecule has 0 saturated carbocycles. The molecule has 17 heavy (non-hydrogen) atoms. The molecule has 2 heteroatoms. The van der Waals surface area contributed by atoms with E-state index in [2.05, 4.69) is 20.8 Å². The van der Waals surface area contributed by atoms with E-state index in [0.29, 0.717) is 6.61 Å². The Bertz CT molecular complexity index is 371. The van der Waals surface area contributed by atoms with Crippen LogP contribution in [0.1, 0.15) is 44.7 Å². The molecule has 0 heterocycles. The second kappa shape index (κ2) is 5.35. The summed E-state index contributed by atoms with van der Waals surface area (Å²) in [6.07, 6.45) is 0. The van der Waals surface area contributed by atoms with Gasteiger partial charge < -0.3 is 4.74 Å². The van der Waals surface area contributed by atoms with Gasteiger partial charge in [-0.05, 0) is 24.8 Å². The van der Waals surface area contributed by atoms with Gasteiger partial charge >= 0.3 is 5.97 Å². The van der Waals surface area contributed by atoms with Gasteiger partial charge in [-0.25, -0.2) is 0 Å². The van der Waals surface area contributed by atoms with Gasteiger partial charge in [-0.2, -0.15) is 0 Å². The lowest BCUT2D eigenvalue weighted by Gasteiger charge is -2.29. The number of carbonyl (C=O) groups excluding carboxylic acids is 1. The molecular formula is C15H22O2. The number of ether oxygens (including phenoxy) is 1. The average molecular weight is 234 g/mol. The van der Waals surface area contributed by atoms with Gasteiger partial charge in [0.05, 0.1) is 12.5 Å². The van der Waals surface area contributed by atoms with E-state index >= 15 is 0 Å². The maximum Gasteiger partial charge on any atom is 0.313 e. The Balaban J connectivity index is 3.07. The number of hydrogen-bond acceptors (Lipinski definition) is 2. The fraction of sp³-hybridized carbons (Fsp3) is 0.533. The standard InChI is InChI=1S/C15H22O2/c1-6-17-14(16)13(15(3,4)5)12-9-7-11(2)8-10-12/h7-10,13H,6H2,1-5H3. The van der Waals surface area contributed by atoms with Crippen LogP contribution in [0.4, 0.5) is 0 Å². The van der Waals surface area contributed by atoms with Crippen molar-refractivity contribution < 1.29 is 9.53 Å². The van der Waals surface area contributed by atoms with Gasteiger partial charge in [0.25, 0.3) is 0 Å². The minimum Gasteiger partial charge on any atom is -0.466 e. The lowest BCUT2D eigenvalue weighted by Crippen LogP contribution is -2.28. The zero-order valence-corrected chi connectivity index (χ0v) is 11.4. The van der Waals surface area contributed by atoms with Crippen molar-refractivity contribution in [1.29, 1.82) is 0 Å². The van der Waals surface area contributed by atoms with Crippen molar-refractivity contribution in [1.82, 2.24) is 0 Å². The summed E-state index contributed by atoms with van der Waals surface area (Å²) in [4.78, 5) is 12.1. The van der Waals surface area contributed by atoms with E-state index in [1.807, 2.05) is 38.1 Å². The number of carbonyl (C=O) groups is 1. The monoisotopic (exact) mass is 234 g/mol. The van der Waals surface area contributed by atoms with E-state index in [9.17, 15) is 4.79 Å². The molecule has 0 radical (unpaired) electrons. The topological polar surface area (TPSA) is 26.3 Å². The molecule has 1 aromatic carbocycles. The van der Waals surface area contributed by atoms with Crippen LogP contribution in [0.5, 0.6) is 0 Å². The van der Waals surface area contributed by atoms with E-state index < -0.39 is 0 Å². The number of aryl methyl sites for hydroxylation is 1. The third kappa shape index (κ3) is 3.58. The fourth-order valence-electron chi connectivity index (χ4n) is 1.97. The number of esters is 1. The molecule has 1 atom stereocenters. The van der Waals surface area contributed by atoms with Crippen LogP contribution >= 0.6 is 0 Å². The second-order valence-corrected chi connectivity index (χ2v) is 5.46. The van der Waals surface area contributed by atoms with Gasteiger partial charge in [0, 0.05) is 0 Å². The number of benzene rings is 1. The summed E-state index contributed by atoms with van der Waals surface area (Å²) in [7, 11) is 0. The molecule has 0 amide bonds. The van der Waals surface area contributed by atoms with Gasteiger partial charge in [-0.15, -0.1) is 0 Å². The largest absolute Gasteiger partial charge is 0.466 e. The lowest BCUT2D eigenvalue weighted by molar-refractivity contribution is -0.147. The molecule has 1 rings (SSSR count). The van der Waals surface area contributed by atoms with E-state index in [1.54, 1.807) is 0 Å². The highest BCUT2D eigenvalue weighted by Gasteiger charge is 2.33. The summed E-state index contributed by atoms with van der Waals surface area (Å²) in [6.45, 7) is 10.5. The van der Waals surface area contributed by atoms with Crippen molar-refractivity contribution in [2.45, 2.75) is 40.5 Å². The van der Waals surface area contributed by atoms with Crippen LogP contribution in [0.25, 0.3) is 0 Å². The van der Waals surface area contributed by atoms with Crippen molar-refractivity contribution >= 4 is 5.97 Å². The number of rotatable bonds is 3. The maximum atomic E-state index is 12.1. The van der Waals surface area contributed by atoms with Crippen molar-refractivity contribution in [3.8, 4) is 0 Å². The molecule has 0 aliphatic rings. The SMILES string of the molecule is CCOC(=O)C(c1ccc(C)cc1)C(C)(C)C. The maximum absolute atomic E-state index is 12.1. The molecule has 0 fully saturated rings. The average Bonchev–Trinajstić information content (AvgIpc) is 2.19. The highest BCUT2D eigenvalue weighted by atomic mass is 16.5. The van der Waals surface area contributed by atoms with Crippen LogP contribution in [-0.4, -0.2) is 12.6 Å². The van der Waals surface area contributed by atoms with Crippen molar-refractivity contribution in [3.05, 3.63) is 35.4 Å². The molecule has 0 aromatic heterocycles. The minimum absolute atomic E-state index is 0.135. The van der Waals surface area contributed by atoms with E-state index in [1.165, 1.54) is 5.56 Å². The van der Waals surface area contributed by atoms with Gasteiger partial charge in [-0.3, -0.25) is 4.79 Å². The van der Waals surface area contributed by atoms with E-state index in [-0.39, 0.29) is 17.3 Å². The highest BCUT2D eigenvalue weighted by molar-refractivity contribution is 5.79. The Morgan fingerprint density at radius 2 is 1.76 bits per heavy atom. The third-order valence-corrected chi connectivity index (χ3v) is 2.80. The van der Waals surface area contributed by atoms with Crippen molar-refractivity contribution in [2.75, 3.05) is 6.61 Å². The summed E-state index contributed by atoms with van der Waals surface area (Å²) in [5.41, 5.74) is 2.09. The zero-order valence-electron chi connectivity index (χ0n) is 11.4. The molecular weight excluding hydrogens is 212 g/mol. The van der Waals surface area contributed by atoms with Crippen LogP contribution in [0.2, 0.25) is 0 Å². The van der Waals surface area contributed by atoms with E-state index in [0.717, 1.165) is 5.56 Å². The molecule has 0 spiro atoms. The molecule has 0 aliphatic heterocycles. The zero-order chi connectivity index (χ0) is 13.1. The van der Waals surface area contributed by atoms with Crippen molar-refractivity contribution in [3.63, 3.8) is 0 Å². The molecule has 1 unspecified atom stereocenters. The minimum atomic E-state index is -0.206. The first-order chi connectivity index (χ1) is 7.86. The highest BCUT2D eigenvalue weighted by Crippen LogP contribution is 2.36. The van der Waals surface area contributed by atoms with Gasteiger partial charge in [0.15, 0.2) is 0 Å². The van der Waals surface area contributed by atoms with Gasteiger partial charge in [0.1, 0.15) is 0 Å². The molecule has 0 saturated heterocycles. The predicted molar refractivity (Wildman–Crippen MR) is 70.0 cm³/mol. The Kier molecular flexibility index (Phi) is 4.33. The molecule has 0 bridgehead atoms. The third-order valence-electron chi connectivity index (χ3n) is 2.80. The molecule has 94 valence electrons. The first-order valence-corrected chi connectivity index (χ1v) is 6.09. The molecule has 2 nitrogen and oxygen atoms in total. The Morgan fingerprint density at radius 3 is 2.18 bits per heavy atom. The van der Waals surface area contributed by atoms with E-state index in [4.69, 9.17) is 4.74 Å². The van der Waals surface area contributed by atoms with Crippen LogP contribution in [0, 0.1) is 12.3 Å². The summed E-state index contributed by atoms with van der Waals surface area (Å²) in [5, 5.41) is 0. The predicted octanol–water partition coefficient (Wildman–Crippen LogP) is 3.69. The van der Waals surface area contributed by atoms with Crippen LogP contribution in [0.3, 0.4) is 0 Å². The second-order valence-electron chi connectivity index (χ2n) is 5.46. The van der Waals surface area contributed by atoms with Gasteiger partial charge in [-0.1, -0.05) is 50.6 Å². The lowest BCUT2D eigenvalue weighted by atomic mass is 9.76. The molecule has 0 N–H and O–H groups in total. The fourth-order valence-corrected chi connectivity index (χ4v) is 1.97. The summed E-state index contributed by atoms with van der Waals surface area (Å²) in [5.74, 6) is -0.341. The Morgan fingerprint density at radius 1 is 1.24 bits per heavy atom. The summed E-state index contributed by atoms with van der Waals surface area (Å²) in [6, 6.07) is 8.10. The molecule has 1 aromatic rings. The Labute approximate surface area is 104 Å². The smallest absolute Gasteiger partial charge is 0.313 e. The normalized spacial score (nSPS) is 13.2. The van der Waals surface area contributed by atoms with Crippen LogP contribution < -0.4 is 0 Å². The van der Waals surface area contributed by atoms with Gasteiger partial charge in [0.2, 0.25) is 0 Å². The van der Waals surface area contributed by atoms with Crippen LogP contribution in [-0.2, 0) is 9.53 Å². The summed E-state index contributed by atoms with van der Waals surface area (Å²) < 4.78 is 5.18. The number of hydrogen-bond donors (Lipinski definition) is 0. The summed E-state index contributed by atoms with van der Waals surface area (Å²) >= 11 is 0. The van der Waals surface area contributed by atoms with Crippen molar-refractivity contribution in [2.24, 2.45) is 5.41 Å². The Hall–Kier alpha value is -1.31.